The van der Waals surface area contributed by atoms with Gasteiger partial charge in [-0.2, -0.15) is 0 Å². The second-order valence-electron chi connectivity index (χ2n) is 6.18. The molecule has 0 spiro atoms. The first-order valence-electron chi connectivity index (χ1n) is 8.09. The Morgan fingerprint density at radius 2 is 2.09 bits per heavy atom. The van der Waals surface area contributed by atoms with Gasteiger partial charge in [0, 0.05) is 24.7 Å². The molecule has 1 fully saturated rings. The summed E-state index contributed by atoms with van der Waals surface area (Å²) >= 11 is 0. The van der Waals surface area contributed by atoms with E-state index in [1.165, 1.54) is 6.26 Å². The quantitative estimate of drug-likeness (QED) is 0.877. The van der Waals surface area contributed by atoms with Crippen LogP contribution in [0.25, 0.3) is 0 Å². The minimum Gasteiger partial charge on any atom is -0.486 e. The monoisotopic (exact) mass is 340 g/mol. The molecule has 0 saturated carbocycles. The summed E-state index contributed by atoms with van der Waals surface area (Å²) in [6, 6.07) is 6.19. The van der Waals surface area contributed by atoms with E-state index in [1.54, 1.807) is 0 Å². The van der Waals surface area contributed by atoms with Gasteiger partial charge in [-0.25, -0.2) is 13.1 Å². The first kappa shape index (κ1) is 16.5. The van der Waals surface area contributed by atoms with E-state index in [-0.39, 0.29) is 6.04 Å². The van der Waals surface area contributed by atoms with Crippen LogP contribution in [0, 0.1) is 0 Å². The van der Waals surface area contributed by atoms with Gasteiger partial charge in [0.15, 0.2) is 11.5 Å². The van der Waals surface area contributed by atoms with Gasteiger partial charge in [0.1, 0.15) is 13.2 Å². The maximum absolute atomic E-state index is 11.4. The molecule has 2 aliphatic heterocycles. The van der Waals surface area contributed by atoms with Gasteiger partial charge in [-0.05, 0) is 25.5 Å². The van der Waals surface area contributed by atoms with Gasteiger partial charge in [-0.3, -0.25) is 4.90 Å². The third-order valence-electron chi connectivity index (χ3n) is 4.35. The smallest absolute Gasteiger partial charge is 0.208 e. The summed E-state index contributed by atoms with van der Waals surface area (Å²) in [5.74, 6) is 1.63. The molecule has 7 heteroatoms. The Kier molecular flexibility index (Phi) is 5.08. The predicted molar refractivity (Wildman–Crippen MR) is 88.3 cm³/mol. The number of ether oxygens (including phenoxy) is 2. The number of fused-ring (bicyclic) bond motifs is 1. The Morgan fingerprint density at radius 1 is 1.26 bits per heavy atom. The van der Waals surface area contributed by atoms with Gasteiger partial charge >= 0.3 is 0 Å². The zero-order valence-corrected chi connectivity index (χ0v) is 14.3. The standard InChI is InChI=1S/C16H24N2O4S/c1-23(19,20)17-11-14-6-2-3-8-18(14)12-13-5-4-7-15-16(13)22-10-9-21-15/h4-5,7,14,17H,2-3,6,8-12H2,1H3. The Morgan fingerprint density at radius 3 is 2.91 bits per heavy atom. The average Bonchev–Trinajstić information content (AvgIpc) is 2.54. The molecule has 0 aliphatic carbocycles. The molecule has 0 radical (unpaired) electrons. The van der Waals surface area contributed by atoms with Crippen LogP contribution in [0.4, 0.5) is 0 Å². The number of benzene rings is 1. The van der Waals surface area contributed by atoms with Crippen LogP contribution >= 0.6 is 0 Å². The van der Waals surface area contributed by atoms with E-state index in [4.69, 9.17) is 9.47 Å². The molecular weight excluding hydrogens is 316 g/mol. The summed E-state index contributed by atoms with van der Waals surface area (Å²) < 4.78 is 36.8. The van der Waals surface area contributed by atoms with Crippen LogP contribution in [0.2, 0.25) is 0 Å². The van der Waals surface area contributed by atoms with Crippen molar-refractivity contribution in [3.05, 3.63) is 23.8 Å². The lowest BCUT2D eigenvalue weighted by molar-refractivity contribution is 0.134. The summed E-state index contributed by atoms with van der Waals surface area (Å²) in [5, 5.41) is 0. The molecule has 3 rings (SSSR count). The van der Waals surface area contributed by atoms with Gasteiger partial charge in [0.2, 0.25) is 10.0 Å². The Bertz CT molecular complexity index is 647. The van der Waals surface area contributed by atoms with Crippen molar-refractivity contribution in [2.75, 3.05) is 32.6 Å². The fourth-order valence-electron chi connectivity index (χ4n) is 3.22. The third-order valence-corrected chi connectivity index (χ3v) is 5.04. The molecule has 1 aromatic rings. The van der Waals surface area contributed by atoms with Crippen molar-refractivity contribution < 1.29 is 17.9 Å². The number of nitrogens with one attached hydrogen (secondary N) is 1. The summed E-state index contributed by atoms with van der Waals surface area (Å²) in [5.41, 5.74) is 1.11. The lowest BCUT2D eigenvalue weighted by Crippen LogP contribution is -2.46. The van der Waals surface area contributed by atoms with Crippen LogP contribution in [-0.4, -0.2) is 51.9 Å². The van der Waals surface area contributed by atoms with Crippen molar-refractivity contribution in [3.8, 4) is 11.5 Å². The molecule has 1 aromatic carbocycles. The number of sulfonamides is 1. The largest absolute Gasteiger partial charge is 0.486 e. The van der Waals surface area contributed by atoms with Crippen LogP contribution < -0.4 is 14.2 Å². The highest BCUT2D eigenvalue weighted by molar-refractivity contribution is 7.88. The summed E-state index contributed by atoms with van der Waals surface area (Å²) in [6.07, 6.45) is 4.49. The SMILES string of the molecule is CS(=O)(=O)NCC1CCCCN1Cc1cccc2c1OCCO2. The minimum atomic E-state index is -3.16. The Balaban J connectivity index is 1.72. The fraction of sp³-hybridized carbons (Fsp3) is 0.625. The van der Waals surface area contributed by atoms with Gasteiger partial charge in [0.05, 0.1) is 6.26 Å². The maximum Gasteiger partial charge on any atom is 0.208 e. The van der Waals surface area contributed by atoms with Gasteiger partial charge < -0.3 is 9.47 Å². The van der Waals surface area contributed by atoms with Crippen LogP contribution in [0.3, 0.4) is 0 Å². The molecule has 23 heavy (non-hydrogen) atoms. The van der Waals surface area contributed by atoms with Gasteiger partial charge in [-0.15, -0.1) is 0 Å². The number of hydrogen-bond donors (Lipinski definition) is 1. The van der Waals surface area contributed by atoms with Crippen molar-refractivity contribution in [2.45, 2.75) is 31.8 Å². The zero-order valence-electron chi connectivity index (χ0n) is 13.5. The molecule has 1 N–H and O–H groups in total. The normalized spacial score (nSPS) is 22.0. The van der Waals surface area contributed by atoms with Crippen molar-refractivity contribution >= 4 is 10.0 Å². The van der Waals surface area contributed by atoms with Crippen LogP contribution in [-0.2, 0) is 16.6 Å². The van der Waals surface area contributed by atoms with Crippen molar-refractivity contribution in [3.63, 3.8) is 0 Å². The highest BCUT2D eigenvalue weighted by Gasteiger charge is 2.25. The number of para-hydroxylation sites is 1. The topological polar surface area (TPSA) is 67.9 Å². The second-order valence-corrected chi connectivity index (χ2v) is 8.02. The summed E-state index contributed by atoms with van der Waals surface area (Å²) in [4.78, 5) is 2.34. The molecule has 1 unspecified atom stereocenters. The predicted octanol–water partition coefficient (Wildman–Crippen LogP) is 1.36. The summed E-state index contributed by atoms with van der Waals surface area (Å²) in [6.45, 7) is 3.35. The summed E-state index contributed by atoms with van der Waals surface area (Å²) in [7, 11) is -3.16. The molecule has 1 atom stereocenters. The van der Waals surface area contributed by atoms with E-state index in [2.05, 4.69) is 15.7 Å². The molecule has 0 aromatic heterocycles. The number of piperidine rings is 1. The number of nitrogens with zero attached hydrogens (tertiary/aromatic N) is 1. The van der Waals surface area contributed by atoms with Crippen LogP contribution in [0.15, 0.2) is 18.2 Å². The highest BCUT2D eigenvalue weighted by atomic mass is 32.2. The van der Waals surface area contributed by atoms with E-state index in [1.807, 2.05) is 12.1 Å². The van der Waals surface area contributed by atoms with E-state index >= 15 is 0 Å². The molecule has 2 aliphatic rings. The van der Waals surface area contributed by atoms with E-state index < -0.39 is 10.0 Å². The molecular formula is C16H24N2O4S. The van der Waals surface area contributed by atoms with Crippen LogP contribution in [0.1, 0.15) is 24.8 Å². The fourth-order valence-corrected chi connectivity index (χ4v) is 3.72. The minimum absolute atomic E-state index is 0.221. The Labute approximate surface area is 137 Å². The Hall–Kier alpha value is -1.31. The molecule has 6 nitrogen and oxygen atoms in total. The third kappa shape index (κ3) is 4.37. The lowest BCUT2D eigenvalue weighted by Gasteiger charge is -2.36. The number of hydrogen-bond acceptors (Lipinski definition) is 5. The zero-order chi connectivity index (χ0) is 16.3. The maximum atomic E-state index is 11.4. The molecule has 0 amide bonds. The van der Waals surface area contributed by atoms with Crippen molar-refractivity contribution in [1.29, 1.82) is 0 Å². The first-order valence-corrected chi connectivity index (χ1v) is 9.98. The van der Waals surface area contributed by atoms with Gasteiger partial charge in [0.25, 0.3) is 0 Å². The van der Waals surface area contributed by atoms with Crippen LogP contribution in [0.5, 0.6) is 11.5 Å². The average molecular weight is 340 g/mol. The van der Waals surface area contributed by atoms with E-state index in [9.17, 15) is 8.42 Å². The lowest BCUT2D eigenvalue weighted by atomic mass is 10.0. The number of likely N-dealkylation sites (tertiary alicyclic amines) is 1. The molecule has 0 bridgehead atoms. The van der Waals surface area contributed by atoms with Gasteiger partial charge in [-0.1, -0.05) is 18.6 Å². The van der Waals surface area contributed by atoms with Crippen molar-refractivity contribution in [1.82, 2.24) is 9.62 Å². The van der Waals surface area contributed by atoms with E-state index in [0.29, 0.717) is 19.8 Å². The van der Waals surface area contributed by atoms with Crippen molar-refractivity contribution in [2.24, 2.45) is 0 Å². The highest BCUT2D eigenvalue weighted by Crippen LogP contribution is 2.35. The molecule has 1 saturated heterocycles. The number of rotatable bonds is 5. The second kappa shape index (κ2) is 7.07. The van der Waals surface area contributed by atoms with E-state index in [0.717, 1.165) is 49.4 Å². The first-order chi connectivity index (χ1) is 11.0. The molecule has 2 heterocycles. The molecule has 128 valence electrons.